The van der Waals surface area contributed by atoms with Crippen molar-refractivity contribution in [1.29, 1.82) is 0 Å². The third kappa shape index (κ3) is 1.78. The number of nitrogens with zero attached hydrogens (tertiary/aromatic N) is 1. The van der Waals surface area contributed by atoms with E-state index in [2.05, 4.69) is 4.98 Å². The van der Waals surface area contributed by atoms with Gasteiger partial charge in [-0.05, 0) is 18.2 Å². The maximum Gasteiger partial charge on any atom is 0.416 e. The van der Waals surface area contributed by atoms with Gasteiger partial charge in [-0.25, -0.2) is 0 Å². The van der Waals surface area contributed by atoms with Crippen molar-refractivity contribution in [3.63, 3.8) is 0 Å². The van der Waals surface area contributed by atoms with E-state index in [0.29, 0.717) is 5.52 Å². The molecule has 0 bridgehead atoms. The number of halogens is 4. The maximum absolute atomic E-state index is 12.5. The van der Waals surface area contributed by atoms with Gasteiger partial charge in [0, 0.05) is 11.6 Å². The molecule has 2 nitrogen and oxygen atoms in total. The molecule has 6 heteroatoms. The van der Waals surface area contributed by atoms with Crippen LogP contribution in [0, 0.1) is 0 Å². The van der Waals surface area contributed by atoms with E-state index in [9.17, 15) is 13.2 Å². The summed E-state index contributed by atoms with van der Waals surface area (Å²) in [5.74, 6) is 0. The number of aromatic nitrogens is 1. The Labute approximate surface area is 93.8 Å². The highest BCUT2D eigenvalue weighted by atomic mass is 35.5. The Morgan fingerprint density at radius 3 is 2.56 bits per heavy atom. The minimum atomic E-state index is -4.40. The molecule has 0 aliphatic rings. The van der Waals surface area contributed by atoms with E-state index in [0.717, 1.165) is 12.1 Å². The van der Waals surface area contributed by atoms with E-state index in [4.69, 9.17) is 17.3 Å². The lowest BCUT2D eigenvalue weighted by molar-refractivity contribution is -0.137. The Morgan fingerprint density at radius 1 is 1.25 bits per heavy atom. The smallest absolute Gasteiger partial charge is 0.397 e. The summed E-state index contributed by atoms with van der Waals surface area (Å²) in [4.78, 5) is 3.89. The summed E-state index contributed by atoms with van der Waals surface area (Å²) < 4.78 is 37.4. The molecule has 0 spiro atoms. The summed E-state index contributed by atoms with van der Waals surface area (Å²) in [5, 5.41) is 0.356. The number of anilines is 1. The Balaban J connectivity index is 2.74. The highest BCUT2D eigenvalue weighted by Gasteiger charge is 2.30. The number of pyridine rings is 1. The van der Waals surface area contributed by atoms with Crippen molar-refractivity contribution >= 4 is 28.2 Å². The first-order valence-corrected chi connectivity index (χ1v) is 4.68. The van der Waals surface area contributed by atoms with Crippen molar-refractivity contribution < 1.29 is 13.2 Å². The van der Waals surface area contributed by atoms with Crippen molar-refractivity contribution in [1.82, 2.24) is 4.98 Å². The van der Waals surface area contributed by atoms with Crippen molar-refractivity contribution in [2.75, 3.05) is 5.73 Å². The van der Waals surface area contributed by atoms with Crippen LogP contribution in [0.15, 0.2) is 24.4 Å². The van der Waals surface area contributed by atoms with E-state index in [-0.39, 0.29) is 16.1 Å². The van der Waals surface area contributed by atoms with Gasteiger partial charge in [-0.15, -0.1) is 0 Å². The molecular weight excluding hydrogens is 241 g/mol. The second kappa shape index (κ2) is 3.52. The zero-order valence-corrected chi connectivity index (χ0v) is 8.60. The first-order chi connectivity index (χ1) is 7.39. The van der Waals surface area contributed by atoms with Gasteiger partial charge in [0.2, 0.25) is 0 Å². The minimum Gasteiger partial charge on any atom is -0.397 e. The van der Waals surface area contributed by atoms with E-state index >= 15 is 0 Å². The van der Waals surface area contributed by atoms with Crippen molar-refractivity contribution in [3.8, 4) is 0 Å². The fourth-order valence-corrected chi connectivity index (χ4v) is 1.52. The van der Waals surface area contributed by atoms with Gasteiger partial charge < -0.3 is 5.73 Å². The standard InChI is InChI=1S/C10H6ClF3N2/c11-7-4-16-8-2-1-5(10(12,13)14)3-6(8)9(7)15/h1-4H,(H2,15,16). The molecule has 0 aliphatic carbocycles. The van der Waals surface area contributed by atoms with E-state index < -0.39 is 11.7 Å². The molecule has 0 fully saturated rings. The molecule has 16 heavy (non-hydrogen) atoms. The van der Waals surface area contributed by atoms with Gasteiger partial charge in [-0.3, -0.25) is 4.98 Å². The van der Waals surface area contributed by atoms with Crippen LogP contribution in [0.3, 0.4) is 0 Å². The summed E-state index contributed by atoms with van der Waals surface area (Å²) in [6, 6.07) is 3.18. The van der Waals surface area contributed by atoms with Crippen LogP contribution in [0.4, 0.5) is 18.9 Å². The van der Waals surface area contributed by atoms with Gasteiger partial charge >= 0.3 is 6.18 Å². The molecule has 0 radical (unpaired) electrons. The van der Waals surface area contributed by atoms with Crippen molar-refractivity contribution in [3.05, 3.63) is 35.0 Å². The van der Waals surface area contributed by atoms with Crippen LogP contribution in [0.25, 0.3) is 10.9 Å². The summed E-state index contributed by atoms with van der Waals surface area (Å²) in [6.07, 6.45) is -3.09. The third-order valence-corrected chi connectivity index (χ3v) is 2.49. The Kier molecular flexibility index (Phi) is 2.42. The third-order valence-electron chi connectivity index (χ3n) is 2.19. The number of nitrogens with two attached hydrogens (primary N) is 1. The van der Waals surface area contributed by atoms with E-state index in [1.807, 2.05) is 0 Å². The maximum atomic E-state index is 12.5. The largest absolute Gasteiger partial charge is 0.416 e. The zero-order chi connectivity index (χ0) is 11.9. The van der Waals surface area contributed by atoms with Crippen LogP contribution in [-0.4, -0.2) is 4.98 Å². The van der Waals surface area contributed by atoms with Crippen LogP contribution >= 0.6 is 11.6 Å². The van der Waals surface area contributed by atoms with Crippen LogP contribution in [0.1, 0.15) is 5.56 Å². The molecule has 0 atom stereocenters. The number of hydrogen-bond acceptors (Lipinski definition) is 2. The molecule has 0 saturated heterocycles. The number of nitrogen functional groups attached to an aromatic ring is 1. The topological polar surface area (TPSA) is 38.9 Å². The highest BCUT2D eigenvalue weighted by Crippen LogP contribution is 2.34. The number of benzene rings is 1. The predicted molar refractivity (Wildman–Crippen MR) is 56.2 cm³/mol. The molecule has 1 aromatic heterocycles. The molecule has 2 rings (SSSR count). The summed E-state index contributed by atoms with van der Waals surface area (Å²) >= 11 is 5.69. The van der Waals surface area contributed by atoms with Gasteiger partial charge in [-0.1, -0.05) is 11.6 Å². The molecule has 84 valence electrons. The van der Waals surface area contributed by atoms with Gasteiger partial charge in [-0.2, -0.15) is 13.2 Å². The van der Waals surface area contributed by atoms with Gasteiger partial charge in [0.15, 0.2) is 0 Å². The van der Waals surface area contributed by atoms with Gasteiger partial charge in [0.05, 0.1) is 21.8 Å². The number of alkyl halides is 3. The summed E-state index contributed by atoms with van der Waals surface area (Å²) in [7, 11) is 0. The molecule has 1 aromatic carbocycles. The Hall–Kier alpha value is -1.49. The van der Waals surface area contributed by atoms with Crippen LogP contribution in [-0.2, 0) is 6.18 Å². The number of fused-ring (bicyclic) bond motifs is 1. The Morgan fingerprint density at radius 2 is 1.94 bits per heavy atom. The molecule has 0 amide bonds. The van der Waals surface area contributed by atoms with Gasteiger partial charge in [0.1, 0.15) is 0 Å². The normalized spacial score (nSPS) is 12.0. The van der Waals surface area contributed by atoms with E-state index in [1.54, 1.807) is 0 Å². The molecule has 2 N–H and O–H groups in total. The summed E-state index contributed by atoms with van der Waals surface area (Å²) in [6.45, 7) is 0. The molecule has 2 aromatic rings. The quantitative estimate of drug-likeness (QED) is 0.773. The lowest BCUT2D eigenvalue weighted by Crippen LogP contribution is -2.05. The fraction of sp³-hybridized carbons (Fsp3) is 0.100. The average molecular weight is 247 g/mol. The molecular formula is C10H6ClF3N2. The Bertz CT molecular complexity index is 551. The molecule has 0 saturated carbocycles. The van der Waals surface area contributed by atoms with Crippen molar-refractivity contribution in [2.24, 2.45) is 0 Å². The molecule has 1 heterocycles. The average Bonchev–Trinajstić information content (AvgIpc) is 2.22. The first-order valence-electron chi connectivity index (χ1n) is 4.30. The second-order valence-electron chi connectivity index (χ2n) is 3.25. The van der Waals surface area contributed by atoms with E-state index in [1.165, 1.54) is 12.3 Å². The zero-order valence-electron chi connectivity index (χ0n) is 7.85. The highest BCUT2D eigenvalue weighted by molar-refractivity contribution is 6.34. The van der Waals surface area contributed by atoms with Gasteiger partial charge in [0.25, 0.3) is 0 Å². The lowest BCUT2D eigenvalue weighted by atomic mass is 10.1. The fourth-order valence-electron chi connectivity index (χ4n) is 1.37. The predicted octanol–water partition coefficient (Wildman–Crippen LogP) is 3.49. The first kappa shape index (κ1) is 11.0. The van der Waals surface area contributed by atoms with Crippen LogP contribution < -0.4 is 5.73 Å². The van der Waals surface area contributed by atoms with Crippen molar-refractivity contribution in [2.45, 2.75) is 6.18 Å². The molecule has 0 aliphatic heterocycles. The number of rotatable bonds is 0. The van der Waals surface area contributed by atoms with Crippen LogP contribution in [0.5, 0.6) is 0 Å². The summed E-state index contributed by atoms with van der Waals surface area (Å²) in [5.41, 5.74) is 5.32. The minimum absolute atomic E-state index is 0.109. The second-order valence-corrected chi connectivity index (χ2v) is 3.66. The lowest BCUT2D eigenvalue weighted by Gasteiger charge is -2.09. The van der Waals surface area contributed by atoms with Crippen LogP contribution in [0.2, 0.25) is 5.02 Å². The number of hydrogen-bond donors (Lipinski definition) is 1. The monoisotopic (exact) mass is 246 g/mol. The molecule has 0 unspecified atom stereocenters. The SMILES string of the molecule is Nc1c(Cl)cnc2ccc(C(F)(F)F)cc12.